The van der Waals surface area contributed by atoms with Crippen LogP contribution >= 0.6 is 15.9 Å². The largest absolute Gasteiger partial charge is 0.279 e. The summed E-state index contributed by atoms with van der Waals surface area (Å²) >= 11 is 3.55. The van der Waals surface area contributed by atoms with Gasteiger partial charge >= 0.3 is 0 Å². The quantitative estimate of drug-likeness (QED) is 0.805. The molecule has 0 unspecified atom stereocenters. The van der Waals surface area contributed by atoms with Gasteiger partial charge in [0.15, 0.2) is 0 Å². The summed E-state index contributed by atoms with van der Waals surface area (Å²) in [6.45, 7) is 6.15. The van der Waals surface area contributed by atoms with Crippen LogP contribution in [0.25, 0.3) is 0 Å². The van der Waals surface area contributed by atoms with E-state index in [9.17, 15) is 0 Å². The summed E-state index contributed by atoms with van der Waals surface area (Å²) in [6, 6.07) is 6.18. The number of hydrogen-bond acceptors (Lipinski definition) is 4. The first-order valence-electron chi connectivity index (χ1n) is 6.79. The summed E-state index contributed by atoms with van der Waals surface area (Å²) in [7, 11) is 0. The summed E-state index contributed by atoms with van der Waals surface area (Å²) in [5.41, 5.74) is 3.21. The maximum atomic E-state index is 8.83. The van der Waals surface area contributed by atoms with E-state index >= 15 is 0 Å². The van der Waals surface area contributed by atoms with Crippen molar-refractivity contribution in [3.8, 4) is 6.07 Å². The maximum absolute atomic E-state index is 8.83. The minimum atomic E-state index is 0.501. The minimum absolute atomic E-state index is 0.501. The van der Waals surface area contributed by atoms with Crippen LogP contribution in [0.5, 0.6) is 0 Å². The Hall–Kier alpha value is -1.71. The standard InChI is InChI=1S/C15H18BrN5/c1-12-15(16)13(2)21(19-12)11-20(8-4-6-17)10-14-5-3-7-18-9-14/h3,5,7,9H,4,8,10-11H2,1-2H3. The molecule has 21 heavy (non-hydrogen) atoms. The van der Waals surface area contributed by atoms with Crippen LogP contribution in [-0.4, -0.2) is 26.2 Å². The summed E-state index contributed by atoms with van der Waals surface area (Å²) in [5, 5.41) is 13.4. The first-order valence-corrected chi connectivity index (χ1v) is 7.59. The van der Waals surface area contributed by atoms with Crippen LogP contribution in [0.4, 0.5) is 0 Å². The van der Waals surface area contributed by atoms with Crippen molar-refractivity contribution in [1.29, 1.82) is 5.26 Å². The van der Waals surface area contributed by atoms with Gasteiger partial charge in [-0.2, -0.15) is 10.4 Å². The lowest BCUT2D eigenvalue weighted by molar-refractivity contribution is 0.200. The van der Waals surface area contributed by atoms with Gasteiger partial charge in [0, 0.05) is 31.9 Å². The molecule has 2 rings (SSSR count). The third kappa shape index (κ3) is 4.13. The van der Waals surface area contributed by atoms with Crippen molar-refractivity contribution in [2.45, 2.75) is 33.5 Å². The molecule has 0 amide bonds. The number of pyridine rings is 1. The average Bonchev–Trinajstić information content (AvgIpc) is 2.73. The molecule has 2 aromatic rings. The number of rotatable bonds is 6. The highest BCUT2D eigenvalue weighted by molar-refractivity contribution is 9.10. The zero-order valence-electron chi connectivity index (χ0n) is 12.3. The van der Waals surface area contributed by atoms with Crippen LogP contribution in [0.2, 0.25) is 0 Å². The van der Waals surface area contributed by atoms with E-state index in [2.05, 4.69) is 37.0 Å². The number of nitriles is 1. The van der Waals surface area contributed by atoms with E-state index in [0.29, 0.717) is 19.6 Å². The molecular formula is C15H18BrN5. The zero-order valence-corrected chi connectivity index (χ0v) is 13.8. The van der Waals surface area contributed by atoms with Crippen molar-refractivity contribution >= 4 is 15.9 Å². The van der Waals surface area contributed by atoms with E-state index < -0.39 is 0 Å². The molecule has 6 heteroatoms. The van der Waals surface area contributed by atoms with Gasteiger partial charge in [-0.15, -0.1) is 0 Å². The molecule has 0 saturated heterocycles. The average molecular weight is 348 g/mol. The predicted octanol–water partition coefficient (Wildman–Crippen LogP) is 3.03. The van der Waals surface area contributed by atoms with Crippen LogP contribution in [0, 0.1) is 25.2 Å². The molecule has 2 heterocycles. The van der Waals surface area contributed by atoms with Gasteiger partial charge in [-0.05, 0) is 41.4 Å². The van der Waals surface area contributed by atoms with Crippen LogP contribution in [0.15, 0.2) is 29.0 Å². The summed E-state index contributed by atoms with van der Waals surface area (Å²) < 4.78 is 3.01. The van der Waals surface area contributed by atoms with Gasteiger partial charge in [0.2, 0.25) is 0 Å². The van der Waals surface area contributed by atoms with Gasteiger partial charge in [-0.1, -0.05) is 6.07 Å². The predicted molar refractivity (Wildman–Crippen MR) is 84.3 cm³/mol. The molecule has 5 nitrogen and oxygen atoms in total. The second-order valence-electron chi connectivity index (χ2n) is 4.95. The Morgan fingerprint density at radius 3 is 2.81 bits per heavy atom. The van der Waals surface area contributed by atoms with E-state index in [4.69, 9.17) is 5.26 Å². The second-order valence-corrected chi connectivity index (χ2v) is 5.74. The molecule has 0 bridgehead atoms. The number of hydrogen-bond donors (Lipinski definition) is 0. The second kappa shape index (κ2) is 7.34. The Labute approximate surface area is 133 Å². The van der Waals surface area contributed by atoms with E-state index in [0.717, 1.165) is 28.0 Å². The number of aromatic nitrogens is 3. The molecule has 0 aliphatic carbocycles. The normalized spacial score (nSPS) is 10.8. The van der Waals surface area contributed by atoms with E-state index in [1.165, 1.54) is 0 Å². The van der Waals surface area contributed by atoms with E-state index in [1.807, 2.05) is 36.9 Å². The van der Waals surface area contributed by atoms with Crippen LogP contribution in [-0.2, 0) is 13.2 Å². The molecule has 0 saturated carbocycles. The lowest BCUT2D eigenvalue weighted by atomic mass is 10.2. The molecule has 0 aliphatic heterocycles. The highest BCUT2D eigenvalue weighted by Crippen LogP contribution is 2.20. The lowest BCUT2D eigenvalue weighted by Gasteiger charge is -2.21. The molecule has 0 radical (unpaired) electrons. The van der Waals surface area contributed by atoms with Gasteiger partial charge in [-0.3, -0.25) is 14.6 Å². The molecule has 0 spiro atoms. The van der Waals surface area contributed by atoms with Crippen molar-refractivity contribution in [3.63, 3.8) is 0 Å². The third-order valence-electron chi connectivity index (χ3n) is 3.30. The fourth-order valence-corrected chi connectivity index (χ4v) is 2.44. The number of halogens is 1. The van der Waals surface area contributed by atoms with Crippen molar-refractivity contribution in [2.24, 2.45) is 0 Å². The molecule has 2 aromatic heterocycles. The summed E-state index contributed by atoms with van der Waals surface area (Å²) in [6.07, 6.45) is 4.12. The Kier molecular flexibility index (Phi) is 5.48. The van der Waals surface area contributed by atoms with Crippen molar-refractivity contribution in [1.82, 2.24) is 19.7 Å². The number of aryl methyl sites for hydroxylation is 1. The van der Waals surface area contributed by atoms with Crippen LogP contribution < -0.4 is 0 Å². The zero-order chi connectivity index (χ0) is 15.2. The van der Waals surface area contributed by atoms with Gasteiger partial charge in [0.1, 0.15) is 0 Å². The van der Waals surface area contributed by atoms with Crippen LogP contribution in [0.3, 0.4) is 0 Å². The summed E-state index contributed by atoms with van der Waals surface area (Å²) in [5.74, 6) is 0. The van der Waals surface area contributed by atoms with Crippen molar-refractivity contribution in [2.75, 3.05) is 6.54 Å². The van der Waals surface area contributed by atoms with Gasteiger partial charge in [-0.25, -0.2) is 0 Å². The number of nitrogens with zero attached hydrogens (tertiary/aromatic N) is 5. The molecule has 0 aliphatic rings. The van der Waals surface area contributed by atoms with Crippen molar-refractivity contribution < 1.29 is 0 Å². The topological polar surface area (TPSA) is 57.7 Å². The summed E-state index contributed by atoms with van der Waals surface area (Å²) in [4.78, 5) is 6.34. The molecule has 0 aromatic carbocycles. The van der Waals surface area contributed by atoms with Crippen molar-refractivity contribution in [3.05, 3.63) is 46.0 Å². The highest BCUT2D eigenvalue weighted by Gasteiger charge is 2.12. The lowest BCUT2D eigenvalue weighted by Crippen LogP contribution is -2.28. The molecule has 110 valence electrons. The van der Waals surface area contributed by atoms with E-state index in [-0.39, 0.29) is 0 Å². The Bertz CT molecular complexity index is 630. The van der Waals surface area contributed by atoms with Crippen LogP contribution in [0.1, 0.15) is 23.4 Å². The van der Waals surface area contributed by atoms with Gasteiger partial charge < -0.3 is 0 Å². The highest BCUT2D eigenvalue weighted by atomic mass is 79.9. The fraction of sp³-hybridized carbons (Fsp3) is 0.400. The Morgan fingerprint density at radius 2 is 2.24 bits per heavy atom. The minimum Gasteiger partial charge on any atom is -0.279 e. The first kappa shape index (κ1) is 15.7. The maximum Gasteiger partial charge on any atom is 0.0935 e. The monoisotopic (exact) mass is 347 g/mol. The van der Waals surface area contributed by atoms with Gasteiger partial charge in [0.05, 0.1) is 28.6 Å². The molecular weight excluding hydrogens is 330 g/mol. The Balaban J connectivity index is 2.12. The van der Waals surface area contributed by atoms with Gasteiger partial charge in [0.25, 0.3) is 0 Å². The Morgan fingerprint density at radius 1 is 1.43 bits per heavy atom. The third-order valence-corrected chi connectivity index (χ3v) is 4.44. The van der Waals surface area contributed by atoms with E-state index in [1.54, 1.807) is 6.20 Å². The smallest absolute Gasteiger partial charge is 0.0935 e. The molecule has 0 atom stereocenters. The fourth-order valence-electron chi connectivity index (χ4n) is 2.16. The SMILES string of the molecule is Cc1nn(CN(CCC#N)Cc2cccnc2)c(C)c1Br. The first-order chi connectivity index (χ1) is 10.1. The molecule has 0 fully saturated rings. The molecule has 0 N–H and O–H groups in total.